The molecular weight excluding hydrogens is 434 g/mol. The average Bonchev–Trinajstić information content (AvgIpc) is 2.59. The lowest BCUT2D eigenvalue weighted by Gasteiger charge is -2.60. The fourth-order valence-corrected chi connectivity index (χ4v) is 7.71. The molecule has 29 heavy (non-hydrogen) atoms. The van der Waals surface area contributed by atoms with E-state index in [1.54, 1.807) is 31.2 Å². The number of esters is 1. The third-order valence-corrected chi connectivity index (χ3v) is 7.77. The van der Waals surface area contributed by atoms with Gasteiger partial charge in [-0.05, 0) is 81.8 Å². The molecule has 0 heterocycles. The van der Waals surface area contributed by atoms with E-state index in [2.05, 4.69) is 21.2 Å². The Kier molecular flexibility index (Phi) is 5.34. The lowest BCUT2D eigenvalue weighted by atomic mass is 9.49. The maximum Gasteiger partial charge on any atom is 0.307 e. The number of hydrogen-bond acceptors (Lipinski definition) is 4. The number of nitrogens with one attached hydrogen (secondary N) is 1. The van der Waals surface area contributed by atoms with Crippen molar-refractivity contribution in [3.8, 4) is 0 Å². The van der Waals surface area contributed by atoms with Crippen LogP contribution in [0.2, 0.25) is 0 Å². The summed E-state index contributed by atoms with van der Waals surface area (Å²) in [6.07, 6.45) is 6.48. The number of rotatable bonds is 6. The number of carbonyl (C=O) groups excluding carboxylic acids is 3. The molecule has 0 spiro atoms. The van der Waals surface area contributed by atoms with E-state index in [4.69, 9.17) is 4.74 Å². The molecule has 156 valence electrons. The minimum Gasteiger partial charge on any atom is -0.453 e. The predicted octanol–water partition coefficient (Wildman–Crippen LogP) is 4.88. The largest absolute Gasteiger partial charge is 0.453 e. The summed E-state index contributed by atoms with van der Waals surface area (Å²) in [5, 5.41) is 2.73. The Hall–Kier alpha value is -1.69. The molecule has 4 saturated carbocycles. The summed E-state index contributed by atoms with van der Waals surface area (Å²) >= 11 is 3.97. The molecule has 0 aromatic heterocycles. The number of benzene rings is 1. The number of hydrogen-bond donors (Lipinski definition) is 1. The number of alkyl halides is 1. The number of anilines is 1. The van der Waals surface area contributed by atoms with E-state index in [1.807, 2.05) is 0 Å². The molecule has 1 aromatic carbocycles. The van der Waals surface area contributed by atoms with Crippen LogP contribution >= 0.6 is 15.9 Å². The van der Waals surface area contributed by atoms with Gasteiger partial charge >= 0.3 is 5.97 Å². The van der Waals surface area contributed by atoms with Gasteiger partial charge in [0.25, 0.3) is 5.91 Å². The Balaban J connectivity index is 1.34. The smallest absolute Gasteiger partial charge is 0.307 e. The van der Waals surface area contributed by atoms with Crippen molar-refractivity contribution in [1.82, 2.24) is 0 Å². The molecule has 5 nitrogen and oxygen atoms in total. The van der Waals surface area contributed by atoms with E-state index in [1.165, 1.54) is 26.2 Å². The van der Waals surface area contributed by atoms with E-state index in [0.29, 0.717) is 29.5 Å². The second-order valence-corrected chi connectivity index (χ2v) is 11.2. The first kappa shape index (κ1) is 20.6. The fourth-order valence-electron chi connectivity index (χ4n) is 6.20. The summed E-state index contributed by atoms with van der Waals surface area (Å²) in [4.78, 5) is 36.6. The van der Waals surface area contributed by atoms with Crippen molar-refractivity contribution >= 4 is 39.3 Å². The van der Waals surface area contributed by atoms with E-state index in [-0.39, 0.29) is 27.4 Å². The summed E-state index contributed by atoms with van der Waals surface area (Å²) in [7, 11) is 0. The van der Waals surface area contributed by atoms with Crippen molar-refractivity contribution in [3.05, 3.63) is 29.8 Å². The van der Waals surface area contributed by atoms with Gasteiger partial charge in [-0.1, -0.05) is 28.1 Å². The molecule has 3 atom stereocenters. The van der Waals surface area contributed by atoms with Gasteiger partial charge in [0.2, 0.25) is 0 Å². The first-order chi connectivity index (χ1) is 13.7. The van der Waals surface area contributed by atoms with Crippen LogP contribution in [0.1, 0.15) is 69.2 Å². The first-order valence-corrected chi connectivity index (χ1v) is 11.2. The zero-order valence-corrected chi connectivity index (χ0v) is 18.6. The van der Waals surface area contributed by atoms with Crippen LogP contribution in [0.4, 0.5) is 5.69 Å². The Labute approximate surface area is 180 Å². The zero-order chi connectivity index (χ0) is 20.8. The number of ether oxygens (including phenoxy) is 1. The standard InChI is InChI=1S/C23H28BrNO4/c1-14(26)18-4-3-5-19(7-18)25-21(28)15(2)29-20(27)12-22-8-16-6-17(9-22)11-23(24,10-16)13-22/h3-5,7,15-17H,6,8-13H2,1-2H3,(H,25,28). The maximum absolute atomic E-state index is 12.7. The van der Waals surface area contributed by atoms with Crippen LogP contribution in [-0.4, -0.2) is 28.1 Å². The van der Waals surface area contributed by atoms with Crippen molar-refractivity contribution in [2.24, 2.45) is 17.3 Å². The van der Waals surface area contributed by atoms with Crippen LogP contribution in [0.25, 0.3) is 0 Å². The average molecular weight is 462 g/mol. The summed E-state index contributed by atoms with van der Waals surface area (Å²) in [6.45, 7) is 3.07. The van der Waals surface area contributed by atoms with Gasteiger partial charge in [0.1, 0.15) is 0 Å². The van der Waals surface area contributed by atoms with Crippen LogP contribution < -0.4 is 5.32 Å². The summed E-state index contributed by atoms with van der Waals surface area (Å²) in [6, 6.07) is 6.75. The van der Waals surface area contributed by atoms with Crippen molar-refractivity contribution in [2.45, 2.75) is 69.2 Å². The predicted molar refractivity (Wildman–Crippen MR) is 114 cm³/mol. The highest BCUT2D eigenvalue weighted by atomic mass is 79.9. The third kappa shape index (κ3) is 4.42. The van der Waals surface area contributed by atoms with Gasteiger partial charge in [0.05, 0.1) is 6.42 Å². The van der Waals surface area contributed by atoms with Gasteiger partial charge in [0.15, 0.2) is 11.9 Å². The molecule has 0 aliphatic heterocycles. The van der Waals surface area contributed by atoms with Gasteiger partial charge in [0, 0.05) is 15.6 Å². The molecule has 4 fully saturated rings. The minimum absolute atomic E-state index is 0.0245. The molecule has 5 rings (SSSR count). The van der Waals surface area contributed by atoms with Crippen molar-refractivity contribution < 1.29 is 19.1 Å². The Morgan fingerprint density at radius 2 is 1.90 bits per heavy atom. The molecule has 1 amide bonds. The quantitative estimate of drug-likeness (QED) is 0.372. The molecule has 3 unspecified atom stereocenters. The number of halogens is 1. The normalized spacial score (nSPS) is 33.2. The molecule has 4 aliphatic rings. The highest BCUT2D eigenvalue weighted by Crippen LogP contribution is 2.65. The number of amides is 1. The van der Waals surface area contributed by atoms with Crippen molar-refractivity contribution in [3.63, 3.8) is 0 Å². The monoisotopic (exact) mass is 461 g/mol. The van der Waals surface area contributed by atoms with Crippen molar-refractivity contribution in [1.29, 1.82) is 0 Å². The molecule has 6 heteroatoms. The van der Waals surface area contributed by atoms with Crippen molar-refractivity contribution in [2.75, 3.05) is 5.32 Å². The summed E-state index contributed by atoms with van der Waals surface area (Å²) in [5.74, 6) is 0.667. The Morgan fingerprint density at radius 1 is 1.21 bits per heavy atom. The number of Topliss-reactive ketones (excluding diaryl/α,β-unsaturated/α-hetero) is 1. The zero-order valence-electron chi connectivity index (χ0n) is 17.0. The van der Waals surface area contributed by atoms with Gasteiger partial charge < -0.3 is 10.1 Å². The maximum atomic E-state index is 12.7. The molecule has 1 aromatic rings. The second-order valence-electron chi connectivity index (χ2n) is 9.55. The summed E-state index contributed by atoms with van der Waals surface area (Å²) in [5.41, 5.74) is 1.07. The second kappa shape index (κ2) is 7.53. The number of carbonyl (C=O) groups is 3. The minimum atomic E-state index is -0.879. The lowest BCUT2D eigenvalue weighted by Crippen LogP contribution is -2.53. The van der Waals surface area contributed by atoms with Gasteiger partial charge in [-0.25, -0.2) is 0 Å². The fraction of sp³-hybridized carbons (Fsp3) is 0.609. The highest BCUT2D eigenvalue weighted by Gasteiger charge is 2.57. The van der Waals surface area contributed by atoms with Gasteiger partial charge in [-0.15, -0.1) is 0 Å². The van der Waals surface area contributed by atoms with Crippen LogP contribution in [0, 0.1) is 17.3 Å². The number of ketones is 1. The van der Waals surface area contributed by atoms with Crippen LogP contribution in [0.15, 0.2) is 24.3 Å². The van der Waals surface area contributed by atoms with E-state index < -0.39 is 6.10 Å². The molecule has 0 saturated heterocycles. The van der Waals surface area contributed by atoms with Gasteiger partial charge in [-0.2, -0.15) is 0 Å². The molecule has 1 N–H and O–H groups in total. The lowest BCUT2D eigenvalue weighted by molar-refractivity contribution is -0.159. The Bertz CT molecular complexity index is 837. The third-order valence-electron chi connectivity index (χ3n) is 6.84. The first-order valence-electron chi connectivity index (χ1n) is 10.5. The van der Waals surface area contributed by atoms with E-state index >= 15 is 0 Å². The topological polar surface area (TPSA) is 72.5 Å². The van der Waals surface area contributed by atoms with E-state index in [9.17, 15) is 14.4 Å². The molecule has 4 bridgehead atoms. The SMILES string of the molecule is CC(=O)c1cccc(NC(=O)C(C)OC(=O)CC23CC4CC(CC(Br)(C4)C2)C3)c1. The highest BCUT2D eigenvalue weighted by molar-refractivity contribution is 9.10. The summed E-state index contributed by atoms with van der Waals surface area (Å²) < 4.78 is 5.70. The van der Waals surface area contributed by atoms with Gasteiger partial charge in [-0.3, -0.25) is 14.4 Å². The Morgan fingerprint density at radius 3 is 2.52 bits per heavy atom. The van der Waals surface area contributed by atoms with Crippen LogP contribution in [0.3, 0.4) is 0 Å². The van der Waals surface area contributed by atoms with E-state index in [0.717, 1.165) is 19.3 Å². The van der Waals surface area contributed by atoms with Crippen LogP contribution in [0.5, 0.6) is 0 Å². The molecule has 0 radical (unpaired) electrons. The van der Waals surface area contributed by atoms with Crippen LogP contribution in [-0.2, 0) is 14.3 Å². The molecular formula is C23H28BrNO4. The molecule has 4 aliphatic carbocycles.